The molecule has 0 aliphatic rings. The second-order valence-electron chi connectivity index (χ2n) is 3.89. The van der Waals surface area contributed by atoms with Crippen molar-refractivity contribution in [2.75, 3.05) is 6.26 Å². The summed E-state index contributed by atoms with van der Waals surface area (Å²) in [5.74, 6) is -2.70. The first-order chi connectivity index (χ1) is 8.00. The van der Waals surface area contributed by atoms with Gasteiger partial charge in [0.05, 0.1) is 5.92 Å². The van der Waals surface area contributed by atoms with E-state index < -0.39 is 39.7 Å². The summed E-state index contributed by atoms with van der Waals surface area (Å²) < 4.78 is 63.0. The Kier molecular flexibility index (Phi) is 4.01. The summed E-state index contributed by atoms with van der Waals surface area (Å²) >= 11 is 0. The Bertz CT molecular complexity index is 511. The molecule has 1 rings (SSSR count). The fourth-order valence-electron chi connectivity index (χ4n) is 1.16. The SMILES string of the molecule is CC(c1nc(CS(C)(=O)=O)no1)C(O)C(F)(F)F. The molecule has 0 saturated carbocycles. The topological polar surface area (TPSA) is 93.3 Å². The number of halogens is 3. The largest absolute Gasteiger partial charge is 0.415 e. The summed E-state index contributed by atoms with van der Waals surface area (Å²) in [4.78, 5) is 3.51. The maximum absolute atomic E-state index is 12.2. The molecule has 1 N–H and O–H groups in total. The Morgan fingerprint density at radius 2 is 2.00 bits per heavy atom. The van der Waals surface area contributed by atoms with Gasteiger partial charge in [-0.3, -0.25) is 0 Å². The number of aliphatic hydroxyl groups is 1. The minimum atomic E-state index is -4.81. The van der Waals surface area contributed by atoms with Gasteiger partial charge >= 0.3 is 6.18 Å². The first-order valence-electron chi connectivity index (χ1n) is 4.75. The molecule has 1 aromatic heterocycles. The highest BCUT2D eigenvalue weighted by atomic mass is 32.2. The zero-order valence-corrected chi connectivity index (χ0v) is 10.3. The molecule has 104 valence electrons. The van der Waals surface area contributed by atoms with E-state index in [1.165, 1.54) is 0 Å². The van der Waals surface area contributed by atoms with Gasteiger partial charge < -0.3 is 9.63 Å². The zero-order valence-electron chi connectivity index (χ0n) is 9.47. The lowest BCUT2D eigenvalue weighted by Crippen LogP contribution is -2.33. The zero-order chi connectivity index (χ0) is 14.1. The van der Waals surface area contributed by atoms with E-state index in [2.05, 4.69) is 14.7 Å². The highest BCUT2D eigenvalue weighted by Gasteiger charge is 2.44. The fraction of sp³-hybridized carbons (Fsp3) is 0.750. The molecule has 0 radical (unpaired) electrons. The molecule has 0 fully saturated rings. The van der Waals surface area contributed by atoms with E-state index >= 15 is 0 Å². The maximum atomic E-state index is 12.2. The smallest absolute Gasteiger partial charge is 0.383 e. The molecule has 6 nitrogen and oxygen atoms in total. The van der Waals surface area contributed by atoms with E-state index in [1.54, 1.807) is 0 Å². The summed E-state index contributed by atoms with van der Waals surface area (Å²) in [5, 5.41) is 12.2. The van der Waals surface area contributed by atoms with E-state index in [9.17, 15) is 21.6 Å². The number of rotatable bonds is 4. The Morgan fingerprint density at radius 3 is 2.44 bits per heavy atom. The van der Waals surface area contributed by atoms with Crippen molar-refractivity contribution in [2.45, 2.75) is 30.9 Å². The van der Waals surface area contributed by atoms with Crippen molar-refractivity contribution in [3.8, 4) is 0 Å². The molecule has 1 aromatic rings. The number of alkyl halides is 3. The van der Waals surface area contributed by atoms with Crippen molar-refractivity contribution < 1.29 is 31.2 Å². The van der Waals surface area contributed by atoms with Crippen LogP contribution in [0.3, 0.4) is 0 Å². The second kappa shape index (κ2) is 4.84. The van der Waals surface area contributed by atoms with Gasteiger partial charge in [0.25, 0.3) is 0 Å². The van der Waals surface area contributed by atoms with Gasteiger partial charge in [0.1, 0.15) is 5.75 Å². The summed E-state index contributed by atoms with van der Waals surface area (Å²) in [6.45, 7) is 1.05. The third-order valence-corrected chi connectivity index (χ3v) is 2.86. The van der Waals surface area contributed by atoms with Crippen LogP contribution in [0.4, 0.5) is 13.2 Å². The minimum absolute atomic E-state index is 0.242. The van der Waals surface area contributed by atoms with Crippen LogP contribution in [0.2, 0.25) is 0 Å². The molecular formula is C8H11F3N2O4S. The quantitative estimate of drug-likeness (QED) is 0.874. The third-order valence-electron chi connectivity index (χ3n) is 2.07. The number of aromatic nitrogens is 2. The van der Waals surface area contributed by atoms with Crippen molar-refractivity contribution in [1.29, 1.82) is 0 Å². The van der Waals surface area contributed by atoms with E-state index in [-0.39, 0.29) is 5.82 Å². The lowest BCUT2D eigenvalue weighted by molar-refractivity contribution is -0.210. The average molecular weight is 288 g/mol. The average Bonchev–Trinajstić information content (AvgIpc) is 2.59. The number of nitrogens with zero attached hydrogens (tertiary/aromatic N) is 2. The van der Waals surface area contributed by atoms with Crippen molar-refractivity contribution in [3.05, 3.63) is 11.7 Å². The van der Waals surface area contributed by atoms with Crippen LogP contribution in [0.15, 0.2) is 4.52 Å². The molecule has 2 atom stereocenters. The van der Waals surface area contributed by atoms with Gasteiger partial charge in [-0.15, -0.1) is 0 Å². The minimum Gasteiger partial charge on any atom is -0.383 e. The number of sulfone groups is 1. The van der Waals surface area contributed by atoms with Crippen LogP contribution >= 0.6 is 0 Å². The molecule has 0 spiro atoms. The summed E-state index contributed by atoms with van der Waals surface area (Å²) in [5.41, 5.74) is 0. The molecule has 0 amide bonds. The fourth-order valence-corrected chi connectivity index (χ4v) is 1.75. The summed E-state index contributed by atoms with van der Waals surface area (Å²) in [7, 11) is -3.41. The first kappa shape index (κ1) is 14.9. The van der Waals surface area contributed by atoms with Crippen LogP contribution < -0.4 is 0 Å². The molecule has 10 heteroatoms. The monoisotopic (exact) mass is 288 g/mol. The van der Waals surface area contributed by atoms with Crippen molar-refractivity contribution in [2.24, 2.45) is 0 Å². The molecule has 0 aliphatic heterocycles. The van der Waals surface area contributed by atoms with Crippen LogP contribution in [0.25, 0.3) is 0 Å². The molecule has 0 aliphatic carbocycles. The highest BCUT2D eigenvalue weighted by Crippen LogP contribution is 2.30. The Morgan fingerprint density at radius 1 is 1.44 bits per heavy atom. The molecule has 0 saturated heterocycles. The maximum Gasteiger partial charge on any atom is 0.415 e. The lowest BCUT2D eigenvalue weighted by Gasteiger charge is -2.17. The Balaban J connectivity index is 2.86. The van der Waals surface area contributed by atoms with Crippen LogP contribution in [0, 0.1) is 0 Å². The van der Waals surface area contributed by atoms with Gasteiger partial charge in [-0.2, -0.15) is 18.2 Å². The molecule has 18 heavy (non-hydrogen) atoms. The van der Waals surface area contributed by atoms with Crippen LogP contribution in [-0.2, 0) is 15.6 Å². The number of hydrogen-bond donors (Lipinski definition) is 1. The van der Waals surface area contributed by atoms with Gasteiger partial charge in [0, 0.05) is 6.26 Å². The van der Waals surface area contributed by atoms with Gasteiger partial charge in [0.15, 0.2) is 21.8 Å². The third kappa shape index (κ3) is 3.95. The van der Waals surface area contributed by atoms with Gasteiger partial charge in [0.2, 0.25) is 5.89 Å². The predicted molar refractivity (Wildman–Crippen MR) is 53.3 cm³/mol. The molecule has 2 unspecified atom stereocenters. The predicted octanol–water partition coefficient (Wildman–Crippen LogP) is 0.641. The van der Waals surface area contributed by atoms with Crippen molar-refractivity contribution >= 4 is 9.84 Å². The summed E-state index contributed by atoms with van der Waals surface area (Å²) in [6.07, 6.45) is -6.54. The van der Waals surface area contributed by atoms with Crippen LogP contribution in [0.5, 0.6) is 0 Å². The van der Waals surface area contributed by atoms with Crippen LogP contribution in [0.1, 0.15) is 24.6 Å². The Hall–Kier alpha value is -1.16. The van der Waals surface area contributed by atoms with E-state index in [1.807, 2.05) is 0 Å². The van der Waals surface area contributed by atoms with Crippen LogP contribution in [-0.4, -0.2) is 42.2 Å². The molecule has 1 heterocycles. The van der Waals surface area contributed by atoms with E-state index in [0.29, 0.717) is 0 Å². The lowest BCUT2D eigenvalue weighted by atomic mass is 10.1. The van der Waals surface area contributed by atoms with Crippen molar-refractivity contribution in [1.82, 2.24) is 10.1 Å². The van der Waals surface area contributed by atoms with E-state index in [4.69, 9.17) is 5.11 Å². The van der Waals surface area contributed by atoms with E-state index in [0.717, 1.165) is 13.2 Å². The van der Waals surface area contributed by atoms with Gasteiger partial charge in [-0.1, -0.05) is 12.1 Å². The number of hydrogen-bond acceptors (Lipinski definition) is 6. The molecule has 0 aromatic carbocycles. The van der Waals surface area contributed by atoms with Gasteiger partial charge in [-0.05, 0) is 0 Å². The Labute approximate surface area is 101 Å². The normalized spacial score (nSPS) is 16.6. The first-order valence-corrected chi connectivity index (χ1v) is 6.82. The molecular weight excluding hydrogens is 277 g/mol. The molecule has 0 bridgehead atoms. The summed E-state index contributed by atoms with van der Waals surface area (Å²) in [6, 6.07) is 0. The second-order valence-corrected chi connectivity index (χ2v) is 6.03. The standard InChI is InChI=1S/C8H11F3N2O4S/c1-4(6(14)8(9,10)11)7-12-5(13-17-7)3-18(2,15)16/h4,6,14H,3H2,1-2H3. The highest BCUT2D eigenvalue weighted by molar-refractivity contribution is 7.89. The van der Waals surface area contributed by atoms with Crippen molar-refractivity contribution in [3.63, 3.8) is 0 Å². The van der Waals surface area contributed by atoms with Gasteiger partial charge in [-0.25, -0.2) is 8.42 Å². The number of aliphatic hydroxyl groups excluding tert-OH is 1.